The zero-order valence-electron chi connectivity index (χ0n) is 7.00. The van der Waals surface area contributed by atoms with Gasteiger partial charge in [-0.2, -0.15) is 0 Å². The predicted molar refractivity (Wildman–Crippen MR) is 61.1 cm³/mol. The van der Waals surface area contributed by atoms with Gasteiger partial charge in [-0.05, 0) is 24.4 Å². The van der Waals surface area contributed by atoms with Crippen molar-refractivity contribution in [2.45, 2.75) is 0 Å². The molecule has 0 bridgehead atoms. The topological polar surface area (TPSA) is 47.3 Å². The van der Waals surface area contributed by atoms with Crippen LogP contribution in [0.1, 0.15) is 0 Å². The Balaban J connectivity index is 2.94. The number of thiocarbonyl (C=S) groups is 1. The van der Waals surface area contributed by atoms with E-state index in [1.165, 1.54) is 0 Å². The molecule has 0 saturated heterocycles. The van der Waals surface area contributed by atoms with E-state index < -0.39 is 0 Å². The molecule has 0 aliphatic carbocycles. The van der Waals surface area contributed by atoms with Gasteiger partial charge in [-0.3, -0.25) is 0 Å². The molecule has 0 fully saturated rings. The minimum Gasteiger partial charge on any atom is -0.497 e. The number of hydrogen-bond acceptors (Lipinski definition) is 2. The molecule has 0 amide bonds. The number of benzene rings is 1. The monoisotopic (exact) mass is 260 g/mol. The highest BCUT2D eigenvalue weighted by molar-refractivity contribution is 9.10. The lowest BCUT2D eigenvalue weighted by atomic mass is 10.3. The molecule has 0 aliphatic heterocycles. The Hall–Kier alpha value is -0.810. The van der Waals surface area contributed by atoms with Crippen LogP contribution in [0.5, 0.6) is 5.75 Å². The van der Waals surface area contributed by atoms with Crippen molar-refractivity contribution in [1.29, 1.82) is 0 Å². The summed E-state index contributed by atoms with van der Waals surface area (Å²) in [7, 11) is 1.60. The van der Waals surface area contributed by atoms with Gasteiger partial charge >= 0.3 is 0 Å². The second kappa shape index (κ2) is 4.43. The minimum atomic E-state index is 0.236. The Bertz CT molecular complexity index is 330. The summed E-state index contributed by atoms with van der Waals surface area (Å²) in [5.74, 6) is 0.744. The van der Waals surface area contributed by atoms with E-state index in [0.29, 0.717) is 0 Å². The fourth-order valence-electron chi connectivity index (χ4n) is 0.895. The summed E-state index contributed by atoms with van der Waals surface area (Å²) in [4.78, 5) is 0. The van der Waals surface area contributed by atoms with Crippen molar-refractivity contribution in [3.05, 3.63) is 22.7 Å². The van der Waals surface area contributed by atoms with Gasteiger partial charge in [0, 0.05) is 16.2 Å². The molecule has 3 N–H and O–H groups in total. The Labute approximate surface area is 90.4 Å². The molecule has 1 aromatic carbocycles. The number of halogens is 1. The van der Waals surface area contributed by atoms with Crippen LogP contribution in [0.15, 0.2) is 22.7 Å². The highest BCUT2D eigenvalue weighted by atomic mass is 79.9. The fourth-order valence-corrected chi connectivity index (χ4v) is 1.49. The van der Waals surface area contributed by atoms with Gasteiger partial charge in [0.15, 0.2) is 5.11 Å². The zero-order valence-corrected chi connectivity index (χ0v) is 9.41. The third-order valence-electron chi connectivity index (χ3n) is 1.37. The highest BCUT2D eigenvalue weighted by Gasteiger charge is 1.99. The van der Waals surface area contributed by atoms with Crippen LogP contribution in [0.2, 0.25) is 0 Å². The molecule has 1 rings (SSSR count). The van der Waals surface area contributed by atoms with Gasteiger partial charge in [0.2, 0.25) is 0 Å². The summed E-state index contributed by atoms with van der Waals surface area (Å²) in [5, 5.41) is 3.06. The molecule has 13 heavy (non-hydrogen) atoms. The molecule has 70 valence electrons. The van der Waals surface area contributed by atoms with Gasteiger partial charge in [0.25, 0.3) is 0 Å². The largest absolute Gasteiger partial charge is 0.497 e. The average molecular weight is 261 g/mol. The van der Waals surface area contributed by atoms with Crippen LogP contribution in [0.4, 0.5) is 5.69 Å². The molecule has 0 heterocycles. The van der Waals surface area contributed by atoms with Crippen molar-refractivity contribution >= 4 is 38.9 Å². The molecule has 0 saturated carbocycles. The molecular formula is C8H9BrN2OS. The first-order chi connectivity index (χ1) is 6.11. The summed E-state index contributed by atoms with van der Waals surface area (Å²) < 4.78 is 5.97. The predicted octanol–water partition coefficient (Wildman–Crippen LogP) is 2.11. The van der Waals surface area contributed by atoms with E-state index in [9.17, 15) is 0 Å². The number of nitrogens with two attached hydrogens (primary N) is 1. The summed E-state index contributed by atoms with van der Waals surface area (Å²) >= 11 is 8.05. The van der Waals surface area contributed by atoms with E-state index in [4.69, 9.17) is 22.7 Å². The van der Waals surface area contributed by atoms with E-state index in [-0.39, 0.29) is 5.11 Å². The maximum Gasteiger partial charge on any atom is 0.168 e. The second-order valence-electron chi connectivity index (χ2n) is 2.37. The van der Waals surface area contributed by atoms with E-state index in [1.54, 1.807) is 7.11 Å². The van der Waals surface area contributed by atoms with E-state index in [1.807, 2.05) is 18.2 Å². The lowest BCUT2D eigenvalue weighted by Crippen LogP contribution is -2.18. The van der Waals surface area contributed by atoms with Crippen molar-refractivity contribution in [2.24, 2.45) is 5.73 Å². The normalized spacial score (nSPS) is 9.38. The summed E-state index contributed by atoms with van der Waals surface area (Å²) in [6.45, 7) is 0. The molecule has 0 radical (unpaired) electrons. The molecule has 0 aromatic heterocycles. The Kier molecular flexibility index (Phi) is 3.50. The number of nitrogens with one attached hydrogen (secondary N) is 1. The van der Waals surface area contributed by atoms with E-state index >= 15 is 0 Å². The lowest BCUT2D eigenvalue weighted by Gasteiger charge is -2.06. The molecule has 0 unspecified atom stereocenters. The first kappa shape index (κ1) is 10.3. The summed E-state index contributed by atoms with van der Waals surface area (Å²) in [6, 6.07) is 5.52. The molecule has 5 heteroatoms. The lowest BCUT2D eigenvalue weighted by molar-refractivity contribution is 0.415. The smallest absolute Gasteiger partial charge is 0.168 e. The SMILES string of the molecule is COc1cc(Br)cc(NC(N)=S)c1. The maximum absolute atomic E-state index is 5.33. The number of anilines is 1. The average Bonchev–Trinajstić information content (AvgIpc) is 2.01. The van der Waals surface area contributed by atoms with E-state index in [0.717, 1.165) is 15.9 Å². The third-order valence-corrected chi connectivity index (χ3v) is 1.93. The molecular weight excluding hydrogens is 252 g/mol. The standard InChI is InChI=1S/C8H9BrN2OS/c1-12-7-3-5(9)2-6(4-7)11-8(10)13/h2-4H,1H3,(H3,10,11,13). The minimum absolute atomic E-state index is 0.236. The molecule has 0 atom stereocenters. The van der Waals surface area contributed by atoms with Crippen LogP contribution >= 0.6 is 28.1 Å². The van der Waals surface area contributed by atoms with Crippen LogP contribution in [-0.4, -0.2) is 12.2 Å². The second-order valence-corrected chi connectivity index (χ2v) is 3.72. The number of ether oxygens (including phenoxy) is 1. The first-order valence-corrected chi connectivity index (χ1v) is 4.73. The molecule has 3 nitrogen and oxygen atoms in total. The molecule has 0 spiro atoms. The fraction of sp³-hybridized carbons (Fsp3) is 0.125. The number of methoxy groups -OCH3 is 1. The van der Waals surface area contributed by atoms with Gasteiger partial charge in [0.05, 0.1) is 7.11 Å². The maximum atomic E-state index is 5.33. The highest BCUT2D eigenvalue weighted by Crippen LogP contribution is 2.24. The zero-order chi connectivity index (χ0) is 9.84. The van der Waals surface area contributed by atoms with Crippen molar-refractivity contribution in [3.63, 3.8) is 0 Å². The van der Waals surface area contributed by atoms with Crippen molar-refractivity contribution < 1.29 is 4.74 Å². The quantitative estimate of drug-likeness (QED) is 0.800. The Morgan fingerprint density at radius 3 is 2.77 bits per heavy atom. The van der Waals surface area contributed by atoms with Crippen LogP contribution in [0.25, 0.3) is 0 Å². The van der Waals surface area contributed by atoms with Gasteiger partial charge in [0.1, 0.15) is 5.75 Å². The molecule has 1 aromatic rings. The van der Waals surface area contributed by atoms with Crippen LogP contribution < -0.4 is 15.8 Å². The van der Waals surface area contributed by atoms with Crippen LogP contribution in [0, 0.1) is 0 Å². The number of hydrogen-bond donors (Lipinski definition) is 2. The van der Waals surface area contributed by atoms with Crippen molar-refractivity contribution in [3.8, 4) is 5.75 Å². The number of rotatable bonds is 2. The van der Waals surface area contributed by atoms with Gasteiger partial charge in [-0.1, -0.05) is 15.9 Å². The summed E-state index contributed by atoms with van der Waals surface area (Å²) in [6.07, 6.45) is 0. The van der Waals surface area contributed by atoms with Crippen LogP contribution in [0.3, 0.4) is 0 Å². The van der Waals surface area contributed by atoms with Crippen molar-refractivity contribution in [1.82, 2.24) is 0 Å². The third kappa shape index (κ3) is 3.20. The van der Waals surface area contributed by atoms with Gasteiger partial charge in [-0.25, -0.2) is 0 Å². The molecule has 0 aliphatic rings. The summed E-state index contributed by atoms with van der Waals surface area (Å²) in [5.41, 5.74) is 6.13. The van der Waals surface area contributed by atoms with Gasteiger partial charge < -0.3 is 15.8 Å². The van der Waals surface area contributed by atoms with E-state index in [2.05, 4.69) is 21.2 Å². The van der Waals surface area contributed by atoms with Crippen LogP contribution in [-0.2, 0) is 0 Å². The Morgan fingerprint density at radius 2 is 2.23 bits per heavy atom. The van der Waals surface area contributed by atoms with Gasteiger partial charge in [-0.15, -0.1) is 0 Å². The first-order valence-electron chi connectivity index (χ1n) is 3.53. The Morgan fingerprint density at radius 1 is 1.54 bits per heavy atom. The van der Waals surface area contributed by atoms with Crippen molar-refractivity contribution in [2.75, 3.05) is 12.4 Å².